The van der Waals surface area contributed by atoms with Gasteiger partial charge in [0.25, 0.3) is 10.0 Å². The number of halogens is 1. The van der Waals surface area contributed by atoms with Gasteiger partial charge in [-0.2, -0.15) is 0 Å². The average molecular weight is 646 g/mol. The summed E-state index contributed by atoms with van der Waals surface area (Å²) in [5.41, 5.74) is 3.58. The summed E-state index contributed by atoms with van der Waals surface area (Å²) in [4.78, 5) is 29.9. The molecule has 0 spiro atoms. The number of aryl methyl sites for hydroxylation is 2. The fourth-order valence-electron chi connectivity index (χ4n) is 5.00. The zero-order valence-electron chi connectivity index (χ0n) is 26.1. The maximum absolute atomic E-state index is 14.5. The molecule has 0 radical (unpaired) electrons. The molecule has 0 saturated carbocycles. The van der Waals surface area contributed by atoms with Crippen LogP contribution in [0.4, 0.5) is 5.69 Å². The smallest absolute Gasteiger partial charge is 0.264 e. The number of benzene rings is 4. The van der Waals surface area contributed by atoms with E-state index in [4.69, 9.17) is 11.6 Å². The molecule has 0 saturated heterocycles. The van der Waals surface area contributed by atoms with Crippen LogP contribution in [0.15, 0.2) is 108 Å². The zero-order chi connectivity index (χ0) is 32.6. The van der Waals surface area contributed by atoms with Crippen LogP contribution < -0.4 is 9.62 Å². The van der Waals surface area contributed by atoms with E-state index in [-0.39, 0.29) is 29.7 Å². The standard InChI is InChI=1S/C36H40ClN3O4S/c1-26(2)23-38-36(42)34(22-29-12-6-5-7-13-29)39(24-30-14-10-15-31(37)21-30)35(41)25-40(33-16-9-8-11-28(33)4)45(43,44)32-19-17-27(3)18-20-32/h5-21,26,34H,22-25H2,1-4H3,(H,38,42)/t34-/m0/s1. The number of anilines is 1. The quantitative estimate of drug-likeness (QED) is 0.178. The van der Waals surface area contributed by atoms with E-state index < -0.39 is 28.5 Å². The first-order valence-electron chi connectivity index (χ1n) is 15.0. The number of nitrogens with one attached hydrogen (secondary N) is 1. The Hall–Kier alpha value is -4.14. The Balaban J connectivity index is 1.81. The van der Waals surface area contributed by atoms with Gasteiger partial charge in [-0.15, -0.1) is 0 Å². The second kappa shape index (κ2) is 15.2. The van der Waals surface area contributed by atoms with Crippen LogP contribution in [0.2, 0.25) is 5.02 Å². The first kappa shape index (κ1) is 33.7. The van der Waals surface area contributed by atoms with Gasteiger partial charge in [0.1, 0.15) is 12.6 Å². The van der Waals surface area contributed by atoms with Crippen molar-refractivity contribution in [3.8, 4) is 0 Å². The van der Waals surface area contributed by atoms with Crippen LogP contribution in [0.3, 0.4) is 0 Å². The van der Waals surface area contributed by atoms with Crippen molar-refractivity contribution >= 4 is 39.1 Å². The molecule has 236 valence electrons. The summed E-state index contributed by atoms with van der Waals surface area (Å²) in [7, 11) is -4.16. The molecule has 7 nitrogen and oxygen atoms in total. The molecular formula is C36H40ClN3O4S. The predicted octanol–water partition coefficient (Wildman–Crippen LogP) is 6.56. The van der Waals surface area contributed by atoms with Crippen LogP contribution in [0.25, 0.3) is 0 Å². The van der Waals surface area contributed by atoms with Gasteiger partial charge in [0.15, 0.2) is 0 Å². The Labute approximate surface area is 271 Å². The number of carbonyl (C=O) groups excluding carboxylic acids is 2. The molecule has 0 fully saturated rings. The number of carbonyl (C=O) groups is 2. The Bertz CT molecular complexity index is 1710. The van der Waals surface area contributed by atoms with Crippen molar-refractivity contribution in [2.75, 3.05) is 17.4 Å². The van der Waals surface area contributed by atoms with Crippen LogP contribution in [-0.2, 0) is 32.6 Å². The van der Waals surface area contributed by atoms with Crippen LogP contribution >= 0.6 is 11.6 Å². The van der Waals surface area contributed by atoms with Crippen molar-refractivity contribution < 1.29 is 18.0 Å². The number of rotatable bonds is 13. The average Bonchev–Trinajstić information content (AvgIpc) is 3.01. The van der Waals surface area contributed by atoms with Gasteiger partial charge >= 0.3 is 0 Å². The van der Waals surface area contributed by atoms with Gasteiger partial charge in [0.05, 0.1) is 10.6 Å². The lowest BCUT2D eigenvalue weighted by atomic mass is 10.0. The summed E-state index contributed by atoms with van der Waals surface area (Å²) in [6.45, 7) is 7.65. The highest BCUT2D eigenvalue weighted by atomic mass is 35.5. The summed E-state index contributed by atoms with van der Waals surface area (Å²) in [5.74, 6) is -0.638. The fourth-order valence-corrected chi connectivity index (χ4v) is 6.69. The van der Waals surface area contributed by atoms with Crippen LogP contribution in [-0.4, -0.2) is 44.3 Å². The number of para-hydroxylation sites is 1. The minimum Gasteiger partial charge on any atom is -0.354 e. The topological polar surface area (TPSA) is 86.8 Å². The number of hydrogen-bond donors (Lipinski definition) is 1. The minimum absolute atomic E-state index is 0.0538. The molecule has 9 heteroatoms. The molecule has 0 aliphatic rings. The molecular weight excluding hydrogens is 606 g/mol. The highest BCUT2D eigenvalue weighted by Gasteiger charge is 2.35. The molecule has 0 heterocycles. The second-order valence-corrected chi connectivity index (χ2v) is 13.9. The molecule has 2 amide bonds. The molecule has 0 aliphatic carbocycles. The Kier molecular flexibility index (Phi) is 11.4. The van der Waals surface area contributed by atoms with E-state index in [1.54, 1.807) is 67.6 Å². The van der Waals surface area contributed by atoms with E-state index >= 15 is 0 Å². The lowest BCUT2D eigenvalue weighted by molar-refractivity contribution is -0.140. The Morgan fingerprint density at radius 1 is 0.822 bits per heavy atom. The van der Waals surface area contributed by atoms with E-state index in [1.807, 2.05) is 63.2 Å². The molecule has 4 aromatic carbocycles. The lowest BCUT2D eigenvalue weighted by Gasteiger charge is -2.34. The van der Waals surface area contributed by atoms with Gasteiger partial charge in [0.2, 0.25) is 11.8 Å². The van der Waals surface area contributed by atoms with Crippen LogP contribution in [0.5, 0.6) is 0 Å². The number of hydrogen-bond acceptors (Lipinski definition) is 4. The molecule has 4 aromatic rings. The van der Waals surface area contributed by atoms with Gasteiger partial charge in [-0.3, -0.25) is 13.9 Å². The van der Waals surface area contributed by atoms with Crippen molar-refractivity contribution in [1.29, 1.82) is 0 Å². The summed E-state index contributed by atoms with van der Waals surface area (Å²) in [6, 6.07) is 29.3. The molecule has 1 atom stereocenters. The Morgan fingerprint density at radius 2 is 1.47 bits per heavy atom. The third-order valence-electron chi connectivity index (χ3n) is 7.47. The van der Waals surface area contributed by atoms with Crippen LogP contribution in [0, 0.1) is 19.8 Å². The van der Waals surface area contributed by atoms with Gasteiger partial charge in [-0.25, -0.2) is 8.42 Å². The third kappa shape index (κ3) is 8.96. The lowest BCUT2D eigenvalue weighted by Crippen LogP contribution is -2.53. The maximum Gasteiger partial charge on any atom is 0.264 e. The monoisotopic (exact) mass is 645 g/mol. The van der Waals surface area contributed by atoms with Gasteiger partial charge in [-0.05, 0) is 66.8 Å². The van der Waals surface area contributed by atoms with Crippen molar-refractivity contribution in [2.45, 2.75) is 51.6 Å². The van der Waals surface area contributed by atoms with Gasteiger partial charge in [-0.1, -0.05) is 104 Å². The molecule has 4 rings (SSSR count). The van der Waals surface area contributed by atoms with E-state index in [0.29, 0.717) is 22.8 Å². The first-order chi connectivity index (χ1) is 21.5. The fraction of sp³-hybridized carbons (Fsp3) is 0.278. The first-order valence-corrected chi connectivity index (χ1v) is 16.8. The highest BCUT2D eigenvalue weighted by Crippen LogP contribution is 2.28. The SMILES string of the molecule is Cc1ccc(S(=O)(=O)N(CC(=O)N(Cc2cccc(Cl)c2)[C@@H](Cc2ccccc2)C(=O)NCC(C)C)c2ccccc2C)cc1. The molecule has 0 unspecified atom stereocenters. The highest BCUT2D eigenvalue weighted by molar-refractivity contribution is 7.92. The van der Waals surface area contributed by atoms with Gasteiger partial charge in [0, 0.05) is 24.5 Å². The van der Waals surface area contributed by atoms with E-state index in [0.717, 1.165) is 21.0 Å². The number of amides is 2. The summed E-state index contributed by atoms with van der Waals surface area (Å²) in [5, 5.41) is 3.49. The molecule has 0 bridgehead atoms. The normalized spacial score (nSPS) is 12.0. The molecule has 1 N–H and O–H groups in total. The van der Waals surface area contributed by atoms with E-state index in [1.165, 1.54) is 4.90 Å². The summed E-state index contributed by atoms with van der Waals surface area (Å²) >= 11 is 6.31. The predicted molar refractivity (Wildman–Crippen MR) is 181 cm³/mol. The van der Waals surface area contributed by atoms with Crippen LogP contribution in [0.1, 0.15) is 36.1 Å². The maximum atomic E-state index is 14.5. The molecule has 0 aromatic heterocycles. The van der Waals surface area contributed by atoms with Gasteiger partial charge < -0.3 is 10.2 Å². The summed E-state index contributed by atoms with van der Waals surface area (Å²) < 4.78 is 29.5. The van der Waals surface area contributed by atoms with Crippen molar-refractivity contribution in [3.63, 3.8) is 0 Å². The number of sulfonamides is 1. The number of nitrogens with zero attached hydrogens (tertiary/aromatic N) is 2. The molecule has 0 aliphatic heterocycles. The van der Waals surface area contributed by atoms with E-state index in [2.05, 4.69) is 5.32 Å². The van der Waals surface area contributed by atoms with Crippen molar-refractivity contribution in [3.05, 3.63) is 130 Å². The minimum atomic E-state index is -4.16. The van der Waals surface area contributed by atoms with E-state index in [9.17, 15) is 18.0 Å². The Morgan fingerprint density at radius 3 is 2.11 bits per heavy atom. The zero-order valence-corrected chi connectivity index (χ0v) is 27.7. The molecule has 45 heavy (non-hydrogen) atoms. The van der Waals surface area contributed by atoms with Crippen molar-refractivity contribution in [2.24, 2.45) is 5.92 Å². The summed E-state index contributed by atoms with van der Waals surface area (Å²) in [6.07, 6.45) is 0.242. The largest absolute Gasteiger partial charge is 0.354 e. The second-order valence-electron chi connectivity index (χ2n) is 11.6. The van der Waals surface area contributed by atoms with Crippen molar-refractivity contribution in [1.82, 2.24) is 10.2 Å². The third-order valence-corrected chi connectivity index (χ3v) is 9.48.